The average Bonchev–Trinajstić information content (AvgIpc) is 2.28. The van der Waals surface area contributed by atoms with Gasteiger partial charge in [0, 0.05) is 18.3 Å². The van der Waals surface area contributed by atoms with Crippen LogP contribution in [-0.2, 0) is 4.79 Å². The van der Waals surface area contributed by atoms with Crippen LogP contribution in [0.4, 0.5) is 0 Å². The summed E-state index contributed by atoms with van der Waals surface area (Å²) < 4.78 is 0. The Bertz CT molecular complexity index is 332. The lowest BCUT2D eigenvalue weighted by atomic mass is 9.77. The molecule has 0 spiro atoms. The third-order valence-electron chi connectivity index (χ3n) is 4.75. The smallest absolute Gasteiger partial charge is 0.310 e. The number of aliphatic carboxylic acids is 1. The van der Waals surface area contributed by atoms with Crippen molar-refractivity contribution in [3.05, 3.63) is 0 Å². The third-order valence-corrected chi connectivity index (χ3v) is 5.80. The van der Waals surface area contributed by atoms with E-state index in [4.69, 9.17) is 0 Å². The van der Waals surface area contributed by atoms with E-state index in [0.29, 0.717) is 11.5 Å². The Hall–Kier alpha value is -0.220. The number of piperidine rings is 1. The van der Waals surface area contributed by atoms with E-state index in [1.165, 1.54) is 12.2 Å². The van der Waals surface area contributed by atoms with Crippen LogP contribution in [0.15, 0.2) is 0 Å². The van der Waals surface area contributed by atoms with Crippen LogP contribution in [0.25, 0.3) is 0 Å². The van der Waals surface area contributed by atoms with Gasteiger partial charge in [0.25, 0.3) is 0 Å². The summed E-state index contributed by atoms with van der Waals surface area (Å²) >= 11 is 2.02. The summed E-state index contributed by atoms with van der Waals surface area (Å²) in [5, 5.41) is 9.41. The molecule has 2 rings (SSSR count). The Morgan fingerprint density at radius 2 is 2.06 bits per heavy atom. The quantitative estimate of drug-likeness (QED) is 0.838. The summed E-state index contributed by atoms with van der Waals surface area (Å²) in [6, 6.07) is 0.537. The molecule has 0 radical (unpaired) electrons. The van der Waals surface area contributed by atoms with Crippen molar-refractivity contribution in [3.8, 4) is 0 Å². The zero-order chi connectivity index (χ0) is 13.4. The fourth-order valence-corrected chi connectivity index (χ4v) is 4.96. The zero-order valence-electron chi connectivity index (χ0n) is 11.7. The number of rotatable bonds is 2. The molecule has 2 aliphatic rings. The van der Waals surface area contributed by atoms with Crippen molar-refractivity contribution in [1.29, 1.82) is 0 Å². The first-order valence-corrected chi connectivity index (χ1v) is 8.06. The molecule has 2 fully saturated rings. The number of carboxylic acid groups (broad SMARTS) is 1. The van der Waals surface area contributed by atoms with E-state index < -0.39 is 11.4 Å². The van der Waals surface area contributed by atoms with Gasteiger partial charge in [0.1, 0.15) is 0 Å². The molecule has 18 heavy (non-hydrogen) atoms. The second-order valence-corrected chi connectivity index (χ2v) is 7.92. The number of hydrogen-bond acceptors (Lipinski definition) is 3. The molecule has 3 nitrogen and oxygen atoms in total. The van der Waals surface area contributed by atoms with E-state index in [2.05, 4.69) is 18.7 Å². The zero-order valence-corrected chi connectivity index (χ0v) is 12.6. The largest absolute Gasteiger partial charge is 0.481 e. The molecule has 4 heteroatoms. The number of carbonyl (C=O) groups is 1. The van der Waals surface area contributed by atoms with Gasteiger partial charge in [0.05, 0.1) is 5.41 Å². The van der Waals surface area contributed by atoms with Gasteiger partial charge in [0.15, 0.2) is 0 Å². The Balaban J connectivity index is 2.11. The van der Waals surface area contributed by atoms with Crippen LogP contribution >= 0.6 is 11.8 Å². The molecule has 2 aliphatic heterocycles. The molecule has 2 saturated heterocycles. The molecule has 0 aromatic rings. The van der Waals surface area contributed by atoms with Gasteiger partial charge in [0.2, 0.25) is 0 Å². The van der Waals surface area contributed by atoms with Crippen molar-refractivity contribution in [2.45, 2.75) is 46.1 Å². The predicted octanol–water partition coefficient (Wildman–Crippen LogP) is 2.70. The molecule has 0 aliphatic carbocycles. The van der Waals surface area contributed by atoms with Crippen LogP contribution < -0.4 is 0 Å². The van der Waals surface area contributed by atoms with Gasteiger partial charge in [-0.3, -0.25) is 9.69 Å². The number of thioether (sulfide) groups is 1. The highest BCUT2D eigenvalue weighted by atomic mass is 32.2. The van der Waals surface area contributed by atoms with E-state index in [1.807, 2.05) is 18.7 Å². The first-order valence-electron chi connectivity index (χ1n) is 6.90. The van der Waals surface area contributed by atoms with E-state index in [0.717, 1.165) is 31.7 Å². The maximum Gasteiger partial charge on any atom is 0.310 e. The molecular weight excluding hydrogens is 246 g/mol. The number of nitrogens with zero attached hydrogens (tertiary/aromatic N) is 1. The number of carboxylic acids is 1. The molecule has 0 aromatic heterocycles. The molecule has 0 bridgehead atoms. The van der Waals surface area contributed by atoms with Crippen LogP contribution in [0.1, 0.15) is 40.0 Å². The standard InChI is InChI=1S/C14H25NO2S/c1-13(2)6-8-18-9-11(13)15-7-4-5-14(3,10-15)12(16)17/h11H,4-10H2,1-3H3,(H,16,17). The van der Waals surface area contributed by atoms with Gasteiger partial charge in [-0.1, -0.05) is 13.8 Å². The summed E-state index contributed by atoms with van der Waals surface area (Å²) in [5.41, 5.74) is -0.224. The number of hydrogen-bond donors (Lipinski definition) is 1. The first kappa shape index (κ1) is 14.2. The van der Waals surface area contributed by atoms with Gasteiger partial charge in [-0.15, -0.1) is 0 Å². The highest BCUT2D eigenvalue weighted by Gasteiger charge is 2.44. The highest BCUT2D eigenvalue weighted by molar-refractivity contribution is 7.99. The van der Waals surface area contributed by atoms with Gasteiger partial charge in [-0.2, -0.15) is 11.8 Å². The monoisotopic (exact) mass is 271 g/mol. The van der Waals surface area contributed by atoms with Crippen molar-refractivity contribution in [2.75, 3.05) is 24.6 Å². The fraction of sp³-hybridized carbons (Fsp3) is 0.929. The molecule has 2 atom stereocenters. The Labute approximate surface area is 114 Å². The summed E-state index contributed by atoms with van der Waals surface area (Å²) in [6.45, 7) is 8.37. The van der Waals surface area contributed by atoms with Crippen LogP contribution in [0.2, 0.25) is 0 Å². The lowest BCUT2D eigenvalue weighted by Crippen LogP contribution is -2.56. The molecule has 0 saturated carbocycles. The van der Waals surface area contributed by atoms with Gasteiger partial charge in [-0.05, 0) is 43.9 Å². The minimum atomic E-state index is -0.631. The summed E-state index contributed by atoms with van der Waals surface area (Å²) in [4.78, 5) is 13.9. The summed E-state index contributed by atoms with van der Waals surface area (Å²) in [6.07, 6.45) is 3.07. The minimum Gasteiger partial charge on any atom is -0.481 e. The predicted molar refractivity (Wildman–Crippen MR) is 76.1 cm³/mol. The normalized spacial score (nSPS) is 37.4. The van der Waals surface area contributed by atoms with E-state index >= 15 is 0 Å². The van der Waals surface area contributed by atoms with Crippen LogP contribution in [-0.4, -0.2) is 46.6 Å². The Morgan fingerprint density at radius 1 is 1.33 bits per heavy atom. The Kier molecular flexibility index (Phi) is 3.98. The van der Waals surface area contributed by atoms with Crippen LogP contribution in [0.5, 0.6) is 0 Å². The van der Waals surface area contributed by atoms with Crippen LogP contribution in [0.3, 0.4) is 0 Å². The van der Waals surface area contributed by atoms with Gasteiger partial charge in [-0.25, -0.2) is 0 Å². The Morgan fingerprint density at radius 3 is 2.67 bits per heavy atom. The number of likely N-dealkylation sites (tertiary alicyclic amines) is 1. The molecule has 0 aromatic carbocycles. The maximum absolute atomic E-state index is 11.4. The highest BCUT2D eigenvalue weighted by Crippen LogP contribution is 2.40. The maximum atomic E-state index is 11.4. The molecule has 104 valence electrons. The van der Waals surface area contributed by atoms with Crippen LogP contribution in [0, 0.1) is 10.8 Å². The molecular formula is C14H25NO2S. The topological polar surface area (TPSA) is 40.5 Å². The van der Waals surface area contributed by atoms with Crippen molar-refractivity contribution >= 4 is 17.7 Å². The second-order valence-electron chi connectivity index (χ2n) is 6.77. The summed E-state index contributed by atoms with van der Waals surface area (Å²) in [5.74, 6) is 1.77. The van der Waals surface area contributed by atoms with Gasteiger partial charge < -0.3 is 5.11 Å². The molecule has 1 N–H and O–H groups in total. The first-order chi connectivity index (χ1) is 8.35. The van der Waals surface area contributed by atoms with E-state index in [9.17, 15) is 9.90 Å². The van der Waals surface area contributed by atoms with E-state index in [1.54, 1.807) is 0 Å². The summed E-state index contributed by atoms with van der Waals surface area (Å²) in [7, 11) is 0. The minimum absolute atomic E-state index is 0.321. The molecule has 0 amide bonds. The van der Waals surface area contributed by atoms with Crippen molar-refractivity contribution in [2.24, 2.45) is 10.8 Å². The lowest BCUT2D eigenvalue weighted by Gasteiger charge is -2.49. The molecule has 2 unspecified atom stereocenters. The second kappa shape index (κ2) is 5.04. The molecule has 2 heterocycles. The SMILES string of the molecule is CC1(C(=O)O)CCCN(C2CSCCC2(C)C)C1. The average molecular weight is 271 g/mol. The third kappa shape index (κ3) is 2.69. The van der Waals surface area contributed by atoms with Crippen molar-refractivity contribution in [1.82, 2.24) is 4.90 Å². The van der Waals surface area contributed by atoms with Crippen molar-refractivity contribution < 1.29 is 9.90 Å². The van der Waals surface area contributed by atoms with Crippen molar-refractivity contribution in [3.63, 3.8) is 0 Å². The van der Waals surface area contributed by atoms with E-state index in [-0.39, 0.29) is 0 Å². The fourth-order valence-electron chi connectivity index (χ4n) is 3.24. The van der Waals surface area contributed by atoms with Gasteiger partial charge >= 0.3 is 5.97 Å². The lowest BCUT2D eigenvalue weighted by molar-refractivity contribution is -0.152.